The summed E-state index contributed by atoms with van der Waals surface area (Å²) in [4.78, 5) is 20.2. The molecule has 0 saturated heterocycles. The van der Waals surface area contributed by atoms with Gasteiger partial charge in [0.1, 0.15) is 5.54 Å². The molecule has 0 amide bonds. The van der Waals surface area contributed by atoms with Crippen LogP contribution in [-0.2, 0) is 4.79 Å². The molecule has 5 nitrogen and oxygen atoms in total. The topological polar surface area (TPSA) is 75.1 Å². The number of hydrogen-bond acceptors (Lipinski definition) is 5. The normalized spacial score (nSPS) is 25.1. The minimum atomic E-state index is -0.733. The Morgan fingerprint density at radius 1 is 1.52 bits per heavy atom. The van der Waals surface area contributed by atoms with Gasteiger partial charge in [-0.15, -0.1) is 0 Å². The highest BCUT2D eigenvalue weighted by atomic mass is 32.2. The lowest BCUT2D eigenvalue weighted by Crippen LogP contribution is -2.54. The second kappa shape index (κ2) is 7.22. The van der Waals surface area contributed by atoms with Gasteiger partial charge >= 0.3 is 5.97 Å². The van der Waals surface area contributed by atoms with Crippen LogP contribution in [-0.4, -0.2) is 38.9 Å². The molecular weight excluding hydrogens is 286 g/mol. The van der Waals surface area contributed by atoms with E-state index >= 15 is 0 Å². The van der Waals surface area contributed by atoms with Crippen molar-refractivity contribution in [2.75, 3.05) is 12.3 Å². The number of aryl methyl sites for hydroxylation is 1. The average Bonchev–Trinajstić information content (AvgIpc) is 2.86. The number of carboxylic acid groups (broad SMARTS) is 1. The van der Waals surface area contributed by atoms with Gasteiger partial charge < -0.3 is 10.4 Å². The Hall–Kier alpha value is -1.14. The molecule has 0 bridgehead atoms. The third kappa shape index (κ3) is 3.74. The molecule has 1 aliphatic carbocycles. The minimum absolute atomic E-state index is 0.188. The molecule has 1 aromatic heterocycles. The zero-order valence-corrected chi connectivity index (χ0v) is 13.4. The molecule has 0 radical (unpaired) electrons. The summed E-state index contributed by atoms with van der Waals surface area (Å²) in [5.41, 5.74) is 0.316. The van der Waals surface area contributed by atoms with E-state index in [0.717, 1.165) is 42.2 Å². The molecule has 2 unspecified atom stereocenters. The molecular formula is C15H23N3O2S. The van der Waals surface area contributed by atoms with Crippen LogP contribution < -0.4 is 5.32 Å². The minimum Gasteiger partial charge on any atom is -0.480 e. The summed E-state index contributed by atoms with van der Waals surface area (Å²) in [5, 5.41) is 13.6. The van der Waals surface area contributed by atoms with Crippen LogP contribution in [0.2, 0.25) is 0 Å². The Labute approximate surface area is 130 Å². The fourth-order valence-electron chi connectivity index (χ4n) is 3.12. The first-order valence-electron chi connectivity index (χ1n) is 7.48. The Morgan fingerprint density at radius 3 is 2.86 bits per heavy atom. The third-order valence-corrected chi connectivity index (χ3v) is 5.06. The van der Waals surface area contributed by atoms with E-state index in [1.807, 2.05) is 26.2 Å². The second-order valence-electron chi connectivity index (χ2n) is 5.58. The molecule has 1 heterocycles. The summed E-state index contributed by atoms with van der Waals surface area (Å²) >= 11 is 1.60. The van der Waals surface area contributed by atoms with Crippen molar-refractivity contribution in [3.05, 3.63) is 18.0 Å². The number of carboxylic acids is 1. The average molecular weight is 309 g/mol. The Balaban J connectivity index is 1.92. The van der Waals surface area contributed by atoms with Crippen LogP contribution in [0.5, 0.6) is 0 Å². The quantitative estimate of drug-likeness (QED) is 0.595. The van der Waals surface area contributed by atoms with Crippen LogP contribution in [0.1, 0.15) is 38.2 Å². The highest BCUT2D eigenvalue weighted by Crippen LogP contribution is 2.39. The van der Waals surface area contributed by atoms with Crippen molar-refractivity contribution >= 4 is 17.7 Å². The SMILES string of the molecule is CCNC1(C(=O)O)CCCC1CCSc1ncc(C)cn1. The van der Waals surface area contributed by atoms with Crippen molar-refractivity contribution in [3.8, 4) is 0 Å². The molecule has 1 saturated carbocycles. The van der Waals surface area contributed by atoms with E-state index in [9.17, 15) is 9.90 Å². The number of aliphatic carboxylic acids is 1. The van der Waals surface area contributed by atoms with Crippen molar-refractivity contribution in [2.45, 2.75) is 50.2 Å². The molecule has 2 atom stereocenters. The maximum absolute atomic E-state index is 11.7. The van der Waals surface area contributed by atoms with E-state index < -0.39 is 11.5 Å². The molecule has 6 heteroatoms. The monoisotopic (exact) mass is 309 g/mol. The van der Waals surface area contributed by atoms with Gasteiger partial charge in [0.05, 0.1) is 0 Å². The van der Waals surface area contributed by atoms with E-state index in [1.165, 1.54) is 0 Å². The van der Waals surface area contributed by atoms with Crippen molar-refractivity contribution in [2.24, 2.45) is 5.92 Å². The van der Waals surface area contributed by atoms with Gasteiger partial charge in [-0.25, -0.2) is 9.97 Å². The molecule has 0 aromatic carbocycles. The number of hydrogen-bond donors (Lipinski definition) is 2. The molecule has 2 N–H and O–H groups in total. The molecule has 1 fully saturated rings. The highest BCUT2D eigenvalue weighted by Gasteiger charge is 2.48. The van der Waals surface area contributed by atoms with E-state index in [1.54, 1.807) is 11.8 Å². The summed E-state index contributed by atoms with van der Waals surface area (Å²) in [6, 6.07) is 0. The fraction of sp³-hybridized carbons (Fsp3) is 0.667. The van der Waals surface area contributed by atoms with Gasteiger partial charge in [-0.1, -0.05) is 25.1 Å². The van der Waals surface area contributed by atoms with E-state index in [2.05, 4.69) is 15.3 Å². The highest BCUT2D eigenvalue weighted by molar-refractivity contribution is 7.99. The molecule has 0 spiro atoms. The number of aromatic nitrogens is 2. The third-order valence-electron chi connectivity index (χ3n) is 4.15. The Kier molecular flexibility index (Phi) is 5.58. The first kappa shape index (κ1) is 16.2. The standard InChI is InChI=1S/C15H23N3O2S/c1-3-18-15(13(19)20)7-4-5-12(15)6-8-21-14-16-9-11(2)10-17-14/h9-10,12,18H,3-8H2,1-2H3,(H,19,20). The van der Waals surface area contributed by atoms with Crippen LogP contribution in [0, 0.1) is 12.8 Å². The van der Waals surface area contributed by atoms with E-state index in [-0.39, 0.29) is 5.92 Å². The van der Waals surface area contributed by atoms with Crippen molar-refractivity contribution in [1.82, 2.24) is 15.3 Å². The first-order chi connectivity index (χ1) is 10.1. The predicted molar refractivity (Wildman–Crippen MR) is 83.5 cm³/mol. The summed E-state index contributed by atoms with van der Waals surface area (Å²) in [6.45, 7) is 4.62. The maximum Gasteiger partial charge on any atom is 0.324 e. The van der Waals surface area contributed by atoms with E-state index in [0.29, 0.717) is 6.54 Å². The molecule has 1 aliphatic rings. The zero-order chi connectivity index (χ0) is 15.3. The van der Waals surface area contributed by atoms with Crippen LogP contribution in [0.3, 0.4) is 0 Å². The molecule has 0 aliphatic heterocycles. The number of carbonyl (C=O) groups is 1. The lowest BCUT2D eigenvalue weighted by Gasteiger charge is -2.32. The Morgan fingerprint density at radius 2 is 2.24 bits per heavy atom. The largest absolute Gasteiger partial charge is 0.480 e. The van der Waals surface area contributed by atoms with Gasteiger partial charge in [0, 0.05) is 18.1 Å². The molecule has 21 heavy (non-hydrogen) atoms. The summed E-state index contributed by atoms with van der Waals surface area (Å²) < 4.78 is 0. The van der Waals surface area contributed by atoms with Gasteiger partial charge in [-0.05, 0) is 44.2 Å². The fourth-order valence-corrected chi connectivity index (χ4v) is 3.96. The van der Waals surface area contributed by atoms with E-state index in [4.69, 9.17) is 0 Å². The predicted octanol–water partition coefficient (Wildman–Crippen LogP) is 2.50. The summed E-state index contributed by atoms with van der Waals surface area (Å²) in [7, 11) is 0. The van der Waals surface area contributed by atoms with Gasteiger partial charge in [0.15, 0.2) is 5.16 Å². The van der Waals surface area contributed by atoms with Crippen LogP contribution in [0.15, 0.2) is 17.6 Å². The van der Waals surface area contributed by atoms with Crippen molar-refractivity contribution < 1.29 is 9.90 Å². The number of likely N-dealkylation sites (N-methyl/N-ethyl adjacent to an activating group) is 1. The lowest BCUT2D eigenvalue weighted by atomic mass is 9.85. The van der Waals surface area contributed by atoms with Crippen LogP contribution in [0.4, 0.5) is 0 Å². The molecule has 1 aromatic rings. The summed E-state index contributed by atoms with van der Waals surface area (Å²) in [6.07, 6.45) is 7.19. The Bertz CT molecular complexity index is 480. The van der Waals surface area contributed by atoms with Gasteiger partial charge in [-0.3, -0.25) is 4.79 Å². The van der Waals surface area contributed by atoms with Gasteiger partial charge in [0.25, 0.3) is 0 Å². The number of nitrogens with one attached hydrogen (secondary N) is 1. The second-order valence-corrected chi connectivity index (χ2v) is 6.64. The summed E-state index contributed by atoms with van der Waals surface area (Å²) in [5.74, 6) is 0.338. The smallest absolute Gasteiger partial charge is 0.324 e. The maximum atomic E-state index is 11.7. The first-order valence-corrected chi connectivity index (χ1v) is 8.47. The van der Waals surface area contributed by atoms with Crippen LogP contribution in [0.25, 0.3) is 0 Å². The van der Waals surface area contributed by atoms with Crippen molar-refractivity contribution in [3.63, 3.8) is 0 Å². The number of nitrogens with zero attached hydrogens (tertiary/aromatic N) is 2. The number of rotatable bonds is 7. The van der Waals surface area contributed by atoms with Crippen LogP contribution >= 0.6 is 11.8 Å². The number of thioether (sulfide) groups is 1. The molecule has 116 valence electrons. The zero-order valence-electron chi connectivity index (χ0n) is 12.6. The van der Waals surface area contributed by atoms with Gasteiger partial charge in [-0.2, -0.15) is 0 Å². The van der Waals surface area contributed by atoms with Gasteiger partial charge in [0.2, 0.25) is 0 Å². The lowest BCUT2D eigenvalue weighted by molar-refractivity contribution is -0.146. The molecule has 2 rings (SSSR count). The van der Waals surface area contributed by atoms with Crippen molar-refractivity contribution in [1.29, 1.82) is 0 Å².